The van der Waals surface area contributed by atoms with Crippen molar-refractivity contribution in [1.29, 1.82) is 0 Å². The van der Waals surface area contributed by atoms with Gasteiger partial charge in [0.1, 0.15) is 0 Å². The molecule has 0 bridgehead atoms. The minimum atomic E-state index is -0.149. The van der Waals surface area contributed by atoms with Gasteiger partial charge in [0.15, 0.2) is 0 Å². The molecular formula is C16H30O2. The molecule has 18 heavy (non-hydrogen) atoms. The first-order valence-electron chi connectivity index (χ1n) is 7.55. The third kappa shape index (κ3) is 2.22. The minimum absolute atomic E-state index is 0.0224. The molecule has 5 unspecified atom stereocenters. The van der Waals surface area contributed by atoms with Crippen LogP contribution in [0.25, 0.3) is 0 Å². The van der Waals surface area contributed by atoms with Crippen LogP contribution in [-0.4, -0.2) is 23.9 Å². The Bertz CT molecular complexity index is 299. The van der Waals surface area contributed by atoms with Crippen molar-refractivity contribution < 1.29 is 9.84 Å². The third-order valence-corrected chi connectivity index (χ3v) is 5.73. The zero-order chi connectivity index (χ0) is 13.6. The lowest BCUT2D eigenvalue weighted by atomic mass is 9.47. The molecule has 2 rings (SSSR count). The highest BCUT2D eigenvalue weighted by Gasteiger charge is 2.61. The molecular weight excluding hydrogens is 224 g/mol. The Labute approximate surface area is 112 Å². The standard InChI is InChI=1S/C16H30O2/c1-11-6-7-14-15(3,4)10-16(14,18-5)12(2)9-13(17)8-11/h11-14,17H,6-10H2,1-5H3. The Kier molecular flexibility index (Phi) is 3.81. The fourth-order valence-corrected chi connectivity index (χ4v) is 4.79. The van der Waals surface area contributed by atoms with E-state index in [0.717, 1.165) is 19.3 Å². The molecule has 0 aliphatic heterocycles. The van der Waals surface area contributed by atoms with Crippen molar-refractivity contribution in [2.24, 2.45) is 23.2 Å². The average molecular weight is 254 g/mol. The Morgan fingerprint density at radius 3 is 2.33 bits per heavy atom. The molecule has 106 valence electrons. The molecule has 0 radical (unpaired) electrons. The maximum absolute atomic E-state index is 10.2. The molecule has 5 atom stereocenters. The summed E-state index contributed by atoms with van der Waals surface area (Å²) < 4.78 is 5.99. The van der Waals surface area contributed by atoms with Gasteiger partial charge in [-0.25, -0.2) is 0 Å². The first kappa shape index (κ1) is 14.3. The molecule has 1 N–H and O–H groups in total. The zero-order valence-electron chi connectivity index (χ0n) is 12.7. The summed E-state index contributed by atoms with van der Waals surface area (Å²) >= 11 is 0. The molecule has 2 nitrogen and oxygen atoms in total. The van der Waals surface area contributed by atoms with E-state index in [4.69, 9.17) is 4.74 Å². The normalized spacial score (nSPS) is 48.3. The van der Waals surface area contributed by atoms with E-state index in [1.54, 1.807) is 0 Å². The van der Waals surface area contributed by atoms with E-state index in [9.17, 15) is 5.11 Å². The molecule has 0 aromatic rings. The topological polar surface area (TPSA) is 29.5 Å². The lowest BCUT2D eigenvalue weighted by molar-refractivity contribution is -0.231. The van der Waals surface area contributed by atoms with Gasteiger partial charge in [0.2, 0.25) is 0 Å². The maximum atomic E-state index is 10.2. The minimum Gasteiger partial charge on any atom is -0.393 e. The second-order valence-corrected chi connectivity index (χ2v) is 7.59. The average Bonchev–Trinajstić information content (AvgIpc) is 2.27. The van der Waals surface area contributed by atoms with Crippen molar-refractivity contribution in [2.45, 2.75) is 71.5 Å². The summed E-state index contributed by atoms with van der Waals surface area (Å²) in [7, 11) is 1.87. The molecule has 2 fully saturated rings. The van der Waals surface area contributed by atoms with Gasteiger partial charge in [0.25, 0.3) is 0 Å². The van der Waals surface area contributed by atoms with Crippen LogP contribution < -0.4 is 0 Å². The second kappa shape index (κ2) is 4.79. The molecule has 2 aliphatic carbocycles. The van der Waals surface area contributed by atoms with Crippen molar-refractivity contribution in [1.82, 2.24) is 0 Å². The summed E-state index contributed by atoms with van der Waals surface area (Å²) in [5, 5.41) is 10.2. The van der Waals surface area contributed by atoms with E-state index < -0.39 is 0 Å². The summed E-state index contributed by atoms with van der Waals surface area (Å²) in [6.45, 7) is 9.30. The van der Waals surface area contributed by atoms with E-state index in [-0.39, 0.29) is 11.7 Å². The van der Waals surface area contributed by atoms with E-state index in [1.165, 1.54) is 12.8 Å². The highest BCUT2D eigenvalue weighted by molar-refractivity contribution is 5.11. The quantitative estimate of drug-likeness (QED) is 0.774. The number of hydrogen-bond donors (Lipinski definition) is 1. The summed E-state index contributed by atoms with van der Waals surface area (Å²) in [4.78, 5) is 0. The van der Waals surface area contributed by atoms with Crippen LogP contribution in [0.1, 0.15) is 59.8 Å². The number of rotatable bonds is 1. The monoisotopic (exact) mass is 254 g/mol. The van der Waals surface area contributed by atoms with Crippen LogP contribution in [0, 0.1) is 23.2 Å². The van der Waals surface area contributed by atoms with E-state index >= 15 is 0 Å². The highest BCUT2D eigenvalue weighted by Crippen LogP contribution is 2.61. The lowest BCUT2D eigenvalue weighted by Gasteiger charge is -2.62. The number of aliphatic hydroxyl groups is 1. The number of aliphatic hydroxyl groups excluding tert-OH is 1. The van der Waals surface area contributed by atoms with E-state index in [1.807, 2.05) is 7.11 Å². The SMILES string of the molecule is COC12CC(C)(C)C1CCC(C)CC(O)CC2C. The summed E-state index contributed by atoms with van der Waals surface area (Å²) in [6, 6.07) is 0. The van der Waals surface area contributed by atoms with Crippen molar-refractivity contribution in [3.05, 3.63) is 0 Å². The third-order valence-electron chi connectivity index (χ3n) is 5.73. The van der Waals surface area contributed by atoms with Crippen molar-refractivity contribution >= 4 is 0 Å². The molecule has 0 spiro atoms. The lowest BCUT2D eigenvalue weighted by Crippen LogP contribution is -2.63. The number of methoxy groups -OCH3 is 1. The first-order chi connectivity index (χ1) is 8.32. The van der Waals surface area contributed by atoms with Gasteiger partial charge >= 0.3 is 0 Å². The van der Waals surface area contributed by atoms with E-state index in [2.05, 4.69) is 27.7 Å². The van der Waals surface area contributed by atoms with Gasteiger partial charge in [-0.15, -0.1) is 0 Å². The van der Waals surface area contributed by atoms with Crippen molar-refractivity contribution in [3.63, 3.8) is 0 Å². The summed E-state index contributed by atoms with van der Waals surface area (Å²) in [5.74, 6) is 1.75. The van der Waals surface area contributed by atoms with Gasteiger partial charge in [0, 0.05) is 7.11 Å². The van der Waals surface area contributed by atoms with Crippen LogP contribution in [0.4, 0.5) is 0 Å². The number of fused-ring (bicyclic) bond motifs is 1. The molecule has 0 amide bonds. The van der Waals surface area contributed by atoms with Crippen molar-refractivity contribution in [2.75, 3.05) is 7.11 Å². The van der Waals surface area contributed by atoms with Crippen LogP contribution in [0.3, 0.4) is 0 Å². The molecule has 0 saturated heterocycles. The van der Waals surface area contributed by atoms with Crippen LogP contribution in [0.15, 0.2) is 0 Å². The molecule has 0 aromatic heterocycles. The van der Waals surface area contributed by atoms with Crippen LogP contribution in [0.5, 0.6) is 0 Å². The summed E-state index contributed by atoms with van der Waals surface area (Å²) in [5.41, 5.74) is 0.424. The van der Waals surface area contributed by atoms with Crippen molar-refractivity contribution in [3.8, 4) is 0 Å². The van der Waals surface area contributed by atoms with Gasteiger partial charge < -0.3 is 9.84 Å². The highest BCUT2D eigenvalue weighted by atomic mass is 16.5. The Hall–Kier alpha value is -0.0800. The van der Waals surface area contributed by atoms with Gasteiger partial charge in [-0.2, -0.15) is 0 Å². The number of hydrogen-bond acceptors (Lipinski definition) is 2. The predicted molar refractivity (Wildman–Crippen MR) is 74.4 cm³/mol. The van der Waals surface area contributed by atoms with Crippen LogP contribution in [0.2, 0.25) is 0 Å². The summed E-state index contributed by atoms with van der Waals surface area (Å²) in [6.07, 6.45) is 5.32. The van der Waals surface area contributed by atoms with E-state index in [0.29, 0.717) is 23.2 Å². The van der Waals surface area contributed by atoms with Gasteiger partial charge in [0.05, 0.1) is 11.7 Å². The largest absolute Gasteiger partial charge is 0.393 e. The van der Waals surface area contributed by atoms with Crippen LogP contribution in [-0.2, 0) is 4.74 Å². The molecule has 2 heteroatoms. The Morgan fingerprint density at radius 2 is 1.78 bits per heavy atom. The predicted octanol–water partition coefficient (Wildman–Crippen LogP) is 3.62. The van der Waals surface area contributed by atoms with Gasteiger partial charge in [-0.05, 0) is 48.9 Å². The molecule has 0 heterocycles. The molecule has 2 aliphatic rings. The zero-order valence-corrected chi connectivity index (χ0v) is 12.7. The Balaban J connectivity index is 2.23. The van der Waals surface area contributed by atoms with Crippen LogP contribution >= 0.6 is 0 Å². The Morgan fingerprint density at radius 1 is 1.11 bits per heavy atom. The smallest absolute Gasteiger partial charge is 0.0743 e. The maximum Gasteiger partial charge on any atom is 0.0743 e. The first-order valence-corrected chi connectivity index (χ1v) is 7.55. The fraction of sp³-hybridized carbons (Fsp3) is 1.00. The fourth-order valence-electron chi connectivity index (χ4n) is 4.79. The van der Waals surface area contributed by atoms with Gasteiger partial charge in [-0.3, -0.25) is 0 Å². The molecule has 0 aromatic carbocycles. The second-order valence-electron chi connectivity index (χ2n) is 7.59. The van der Waals surface area contributed by atoms with Gasteiger partial charge in [-0.1, -0.05) is 34.1 Å². The number of ether oxygens (including phenoxy) is 1. The molecule has 2 saturated carbocycles.